The fraction of sp³-hybridized carbons (Fsp3) is 1.00. The van der Waals surface area contributed by atoms with E-state index in [0.717, 1.165) is 11.8 Å². The standard InChI is InChI=1S/C22H44/c1-5-6-7-14-17-20-18-15-12-10-8-9-11-13-16-19-21(20)22(2,3)4/h20-21H,5-19H2,1-4H3. The first-order valence-corrected chi connectivity index (χ1v) is 10.6. The summed E-state index contributed by atoms with van der Waals surface area (Å²) in [5.41, 5.74) is 0.500. The van der Waals surface area contributed by atoms with Gasteiger partial charge >= 0.3 is 0 Å². The molecular formula is C22H44. The third kappa shape index (κ3) is 8.59. The highest BCUT2D eigenvalue weighted by Crippen LogP contribution is 2.41. The SMILES string of the molecule is CCCCCCC1CCCCCCCCCCC1C(C)(C)C. The Balaban J connectivity index is 2.60. The lowest BCUT2D eigenvalue weighted by Gasteiger charge is -2.38. The lowest BCUT2D eigenvalue weighted by molar-refractivity contribution is 0.122. The lowest BCUT2D eigenvalue weighted by Crippen LogP contribution is -2.28. The van der Waals surface area contributed by atoms with Gasteiger partial charge in [-0.15, -0.1) is 0 Å². The highest BCUT2D eigenvalue weighted by Gasteiger charge is 2.31. The summed E-state index contributed by atoms with van der Waals surface area (Å²) in [6.45, 7) is 9.83. The third-order valence-electron chi connectivity index (χ3n) is 5.95. The molecule has 2 atom stereocenters. The molecule has 1 aliphatic carbocycles. The van der Waals surface area contributed by atoms with Crippen molar-refractivity contribution in [2.75, 3.05) is 0 Å². The summed E-state index contributed by atoms with van der Waals surface area (Å²) in [6.07, 6.45) is 22.1. The second kappa shape index (κ2) is 11.5. The molecule has 2 unspecified atom stereocenters. The molecule has 0 aromatic rings. The Bertz CT molecular complexity index is 245. The first-order valence-electron chi connectivity index (χ1n) is 10.6. The van der Waals surface area contributed by atoms with Crippen LogP contribution >= 0.6 is 0 Å². The van der Waals surface area contributed by atoms with Crippen molar-refractivity contribution in [1.29, 1.82) is 0 Å². The van der Waals surface area contributed by atoms with E-state index in [1.165, 1.54) is 96.3 Å². The van der Waals surface area contributed by atoms with Crippen LogP contribution in [0.2, 0.25) is 0 Å². The minimum absolute atomic E-state index is 0.500. The van der Waals surface area contributed by atoms with Crippen molar-refractivity contribution in [1.82, 2.24) is 0 Å². The van der Waals surface area contributed by atoms with Crippen molar-refractivity contribution < 1.29 is 0 Å². The second-order valence-corrected chi connectivity index (χ2v) is 8.99. The summed E-state index contributed by atoms with van der Waals surface area (Å²) in [5, 5.41) is 0. The maximum Gasteiger partial charge on any atom is -0.0337 e. The summed E-state index contributed by atoms with van der Waals surface area (Å²) in [7, 11) is 0. The topological polar surface area (TPSA) is 0 Å². The van der Waals surface area contributed by atoms with Gasteiger partial charge in [0.15, 0.2) is 0 Å². The Hall–Kier alpha value is 0. The first-order chi connectivity index (χ1) is 10.6. The maximum atomic E-state index is 2.50. The van der Waals surface area contributed by atoms with E-state index in [9.17, 15) is 0 Å². The lowest BCUT2D eigenvalue weighted by atomic mass is 9.67. The zero-order valence-corrected chi connectivity index (χ0v) is 16.3. The molecule has 0 nitrogen and oxygen atoms in total. The maximum absolute atomic E-state index is 2.50. The molecular weight excluding hydrogens is 264 g/mol. The van der Waals surface area contributed by atoms with Crippen LogP contribution in [0.4, 0.5) is 0 Å². The van der Waals surface area contributed by atoms with Crippen LogP contribution in [0.1, 0.15) is 124 Å². The minimum Gasteiger partial charge on any atom is -0.0654 e. The summed E-state index contributed by atoms with van der Waals surface area (Å²) in [5.74, 6) is 1.95. The molecule has 1 aliphatic rings. The van der Waals surface area contributed by atoms with Crippen LogP contribution in [0, 0.1) is 17.3 Å². The van der Waals surface area contributed by atoms with E-state index in [-0.39, 0.29) is 0 Å². The van der Waals surface area contributed by atoms with Crippen molar-refractivity contribution in [2.24, 2.45) is 17.3 Å². The van der Waals surface area contributed by atoms with Gasteiger partial charge in [0.1, 0.15) is 0 Å². The van der Waals surface area contributed by atoms with Gasteiger partial charge in [0.05, 0.1) is 0 Å². The first kappa shape index (κ1) is 20.0. The number of rotatable bonds is 5. The zero-order chi connectivity index (χ0) is 16.3. The Labute approximate surface area is 141 Å². The Morgan fingerprint density at radius 2 is 1.23 bits per heavy atom. The average molecular weight is 309 g/mol. The normalized spacial score (nSPS) is 26.2. The van der Waals surface area contributed by atoms with Gasteiger partial charge in [-0.3, -0.25) is 0 Å². The predicted molar refractivity (Wildman–Crippen MR) is 101 cm³/mol. The number of hydrogen-bond acceptors (Lipinski definition) is 0. The molecule has 0 spiro atoms. The quantitative estimate of drug-likeness (QED) is 0.449. The number of hydrogen-bond donors (Lipinski definition) is 0. The van der Waals surface area contributed by atoms with Crippen LogP contribution in [-0.4, -0.2) is 0 Å². The van der Waals surface area contributed by atoms with Crippen LogP contribution in [0.5, 0.6) is 0 Å². The molecule has 132 valence electrons. The molecule has 0 heteroatoms. The van der Waals surface area contributed by atoms with E-state index in [4.69, 9.17) is 0 Å². The highest BCUT2D eigenvalue weighted by atomic mass is 14.4. The van der Waals surface area contributed by atoms with Crippen LogP contribution in [0.3, 0.4) is 0 Å². The van der Waals surface area contributed by atoms with Crippen molar-refractivity contribution >= 4 is 0 Å². The molecule has 22 heavy (non-hydrogen) atoms. The van der Waals surface area contributed by atoms with Gasteiger partial charge in [-0.25, -0.2) is 0 Å². The Morgan fingerprint density at radius 1 is 0.682 bits per heavy atom. The largest absolute Gasteiger partial charge is 0.0654 e. The minimum atomic E-state index is 0.500. The molecule has 0 heterocycles. The van der Waals surface area contributed by atoms with E-state index >= 15 is 0 Å². The van der Waals surface area contributed by atoms with Crippen LogP contribution in [0.15, 0.2) is 0 Å². The smallest absolute Gasteiger partial charge is 0.0337 e. The fourth-order valence-electron chi connectivity index (χ4n) is 4.59. The van der Waals surface area contributed by atoms with Crippen LogP contribution in [0.25, 0.3) is 0 Å². The van der Waals surface area contributed by atoms with E-state index < -0.39 is 0 Å². The molecule has 0 N–H and O–H groups in total. The van der Waals surface area contributed by atoms with Crippen LogP contribution < -0.4 is 0 Å². The summed E-state index contributed by atoms with van der Waals surface area (Å²) < 4.78 is 0. The fourth-order valence-corrected chi connectivity index (χ4v) is 4.59. The molecule has 1 rings (SSSR count). The van der Waals surface area contributed by atoms with E-state index in [1.807, 2.05) is 0 Å². The van der Waals surface area contributed by atoms with Gasteiger partial charge in [-0.05, 0) is 23.7 Å². The van der Waals surface area contributed by atoms with Gasteiger partial charge in [0.25, 0.3) is 0 Å². The Kier molecular flexibility index (Phi) is 10.5. The van der Waals surface area contributed by atoms with Gasteiger partial charge in [0.2, 0.25) is 0 Å². The monoisotopic (exact) mass is 308 g/mol. The van der Waals surface area contributed by atoms with E-state index in [0.29, 0.717) is 5.41 Å². The molecule has 0 aliphatic heterocycles. The zero-order valence-electron chi connectivity index (χ0n) is 16.3. The molecule has 0 aromatic heterocycles. The van der Waals surface area contributed by atoms with E-state index in [2.05, 4.69) is 27.7 Å². The number of unbranched alkanes of at least 4 members (excludes halogenated alkanes) is 3. The van der Waals surface area contributed by atoms with Gasteiger partial charge < -0.3 is 0 Å². The van der Waals surface area contributed by atoms with Crippen molar-refractivity contribution in [3.05, 3.63) is 0 Å². The van der Waals surface area contributed by atoms with Crippen LogP contribution in [-0.2, 0) is 0 Å². The highest BCUT2D eigenvalue weighted by molar-refractivity contribution is 4.81. The molecule has 0 radical (unpaired) electrons. The summed E-state index contributed by atoms with van der Waals surface area (Å²) >= 11 is 0. The van der Waals surface area contributed by atoms with Gasteiger partial charge in [0, 0.05) is 0 Å². The van der Waals surface area contributed by atoms with Crippen molar-refractivity contribution in [3.8, 4) is 0 Å². The predicted octanol–water partition coefficient (Wildman–Crippen LogP) is 8.15. The average Bonchev–Trinajstić information content (AvgIpc) is 2.44. The summed E-state index contributed by atoms with van der Waals surface area (Å²) in [6, 6.07) is 0. The third-order valence-corrected chi connectivity index (χ3v) is 5.95. The molecule has 0 aromatic carbocycles. The molecule has 0 bridgehead atoms. The molecule has 0 amide bonds. The summed E-state index contributed by atoms with van der Waals surface area (Å²) in [4.78, 5) is 0. The molecule has 0 saturated heterocycles. The van der Waals surface area contributed by atoms with Gasteiger partial charge in [-0.2, -0.15) is 0 Å². The van der Waals surface area contributed by atoms with E-state index in [1.54, 1.807) is 0 Å². The second-order valence-electron chi connectivity index (χ2n) is 8.99. The molecule has 1 saturated carbocycles. The van der Waals surface area contributed by atoms with Gasteiger partial charge in [-0.1, -0.05) is 118 Å². The van der Waals surface area contributed by atoms with Crippen molar-refractivity contribution in [3.63, 3.8) is 0 Å². The molecule has 1 fully saturated rings. The van der Waals surface area contributed by atoms with Crippen molar-refractivity contribution in [2.45, 2.75) is 124 Å². The Morgan fingerprint density at radius 3 is 1.77 bits per heavy atom.